The first kappa shape index (κ1) is 18.2. The van der Waals surface area contributed by atoms with Crippen molar-refractivity contribution >= 4 is 29.1 Å². The summed E-state index contributed by atoms with van der Waals surface area (Å²) in [5.41, 5.74) is 2.33. The topological polar surface area (TPSA) is 71.5 Å². The fraction of sp³-hybridized carbons (Fsp3) is 0.316. The van der Waals surface area contributed by atoms with Crippen LogP contribution >= 0.6 is 11.6 Å². The number of nitrogens with one attached hydrogen (secondary N) is 1. The number of pyridine rings is 1. The molecule has 0 radical (unpaired) electrons. The van der Waals surface area contributed by atoms with Crippen LogP contribution in [0.25, 0.3) is 0 Å². The standard InChI is InChI=1S/C19H20ClN3O3/c1-12-6-16(17(26-2)8-15(12)20)22-19(25)14-7-18(24)23(11-14)10-13-4-3-5-21-9-13/h3-6,8-9,14H,7,10-11H2,1-2H3,(H,22,25). The molecule has 2 heterocycles. The Balaban J connectivity index is 1.68. The summed E-state index contributed by atoms with van der Waals surface area (Å²) in [5, 5.41) is 3.43. The second-order valence-electron chi connectivity index (χ2n) is 6.33. The molecule has 1 atom stereocenters. The van der Waals surface area contributed by atoms with Crippen molar-refractivity contribution in [3.63, 3.8) is 0 Å². The van der Waals surface area contributed by atoms with E-state index in [-0.39, 0.29) is 18.2 Å². The summed E-state index contributed by atoms with van der Waals surface area (Å²) in [6, 6.07) is 7.18. The number of methoxy groups -OCH3 is 1. The number of ether oxygens (including phenoxy) is 1. The highest BCUT2D eigenvalue weighted by Gasteiger charge is 2.34. The van der Waals surface area contributed by atoms with Gasteiger partial charge in [0.25, 0.3) is 0 Å². The summed E-state index contributed by atoms with van der Waals surface area (Å²) in [5.74, 6) is -0.148. The number of rotatable bonds is 5. The molecule has 6 nitrogen and oxygen atoms in total. The molecule has 1 aromatic heterocycles. The van der Waals surface area contributed by atoms with Gasteiger partial charge in [0.15, 0.2) is 0 Å². The molecule has 1 aromatic carbocycles. The molecular formula is C19H20ClN3O3. The van der Waals surface area contributed by atoms with Crippen molar-refractivity contribution in [3.05, 3.63) is 52.8 Å². The molecule has 1 aliphatic rings. The van der Waals surface area contributed by atoms with Crippen molar-refractivity contribution in [1.29, 1.82) is 0 Å². The van der Waals surface area contributed by atoms with E-state index in [1.54, 1.807) is 29.4 Å². The Bertz CT molecular complexity index is 826. The van der Waals surface area contributed by atoms with Gasteiger partial charge in [-0.3, -0.25) is 14.6 Å². The first-order chi connectivity index (χ1) is 12.5. The number of halogens is 1. The zero-order chi connectivity index (χ0) is 18.7. The third-order valence-corrected chi connectivity index (χ3v) is 4.83. The molecule has 0 aliphatic carbocycles. The average molecular weight is 374 g/mol. The van der Waals surface area contributed by atoms with Crippen molar-refractivity contribution in [2.75, 3.05) is 19.0 Å². The van der Waals surface area contributed by atoms with Crippen LogP contribution in [-0.2, 0) is 16.1 Å². The number of carbonyl (C=O) groups excluding carboxylic acids is 2. The summed E-state index contributed by atoms with van der Waals surface area (Å²) < 4.78 is 5.28. The smallest absolute Gasteiger partial charge is 0.229 e. The molecule has 1 aliphatic heterocycles. The molecule has 7 heteroatoms. The van der Waals surface area contributed by atoms with Gasteiger partial charge in [0.05, 0.1) is 18.7 Å². The average Bonchev–Trinajstić information content (AvgIpc) is 2.99. The van der Waals surface area contributed by atoms with E-state index in [1.807, 2.05) is 19.1 Å². The first-order valence-corrected chi connectivity index (χ1v) is 8.67. The molecule has 1 N–H and O–H groups in total. The number of anilines is 1. The predicted molar refractivity (Wildman–Crippen MR) is 99.1 cm³/mol. The van der Waals surface area contributed by atoms with E-state index in [4.69, 9.17) is 16.3 Å². The molecule has 0 spiro atoms. The lowest BCUT2D eigenvalue weighted by Crippen LogP contribution is -2.28. The van der Waals surface area contributed by atoms with Crippen LogP contribution in [0, 0.1) is 12.8 Å². The third-order valence-electron chi connectivity index (χ3n) is 4.42. The zero-order valence-electron chi connectivity index (χ0n) is 14.7. The highest BCUT2D eigenvalue weighted by Crippen LogP contribution is 2.32. The van der Waals surface area contributed by atoms with Gasteiger partial charge in [-0.25, -0.2) is 0 Å². The number of hydrogen-bond donors (Lipinski definition) is 1. The number of hydrogen-bond acceptors (Lipinski definition) is 4. The van der Waals surface area contributed by atoms with Gasteiger partial charge < -0.3 is 15.0 Å². The lowest BCUT2D eigenvalue weighted by molar-refractivity contribution is -0.128. The van der Waals surface area contributed by atoms with Gasteiger partial charge in [-0.05, 0) is 30.2 Å². The van der Waals surface area contributed by atoms with Gasteiger partial charge in [0, 0.05) is 43.0 Å². The summed E-state index contributed by atoms with van der Waals surface area (Å²) in [7, 11) is 1.52. The van der Waals surface area contributed by atoms with Gasteiger partial charge >= 0.3 is 0 Å². The van der Waals surface area contributed by atoms with Crippen molar-refractivity contribution in [3.8, 4) is 5.75 Å². The van der Waals surface area contributed by atoms with Gasteiger partial charge in [-0.15, -0.1) is 0 Å². The summed E-state index contributed by atoms with van der Waals surface area (Å²) in [6.07, 6.45) is 3.61. The fourth-order valence-electron chi connectivity index (χ4n) is 2.98. The monoisotopic (exact) mass is 373 g/mol. The van der Waals surface area contributed by atoms with E-state index in [2.05, 4.69) is 10.3 Å². The second-order valence-corrected chi connectivity index (χ2v) is 6.73. The van der Waals surface area contributed by atoms with E-state index in [1.165, 1.54) is 7.11 Å². The number of benzene rings is 1. The Morgan fingerprint density at radius 2 is 2.27 bits per heavy atom. The molecule has 1 fully saturated rings. The summed E-state index contributed by atoms with van der Waals surface area (Å²) >= 11 is 6.09. The third kappa shape index (κ3) is 3.96. The van der Waals surface area contributed by atoms with Crippen LogP contribution in [0.5, 0.6) is 5.75 Å². The van der Waals surface area contributed by atoms with Crippen LogP contribution in [0.3, 0.4) is 0 Å². The Kier molecular flexibility index (Phi) is 5.42. The van der Waals surface area contributed by atoms with E-state index in [9.17, 15) is 9.59 Å². The van der Waals surface area contributed by atoms with E-state index < -0.39 is 5.92 Å². The molecule has 3 rings (SSSR count). The lowest BCUT2D eigenvalue weighted by Gasteiger charge is -2.17. The maximum atomic E-state index is 12.6. The Labute approximate surface area is 157 Å². The summed E-state index contributed by atoms with van der Waals surface area (Å²) in [4.78, 5) is 30.6. The lowest BCUT2D eigenvalue weighted by atomic mass is 10.1. The van der Waals surface area contributed by atoms with Crippen molar-refractivity contribution in [2.24, 2.45) is 5.92 Å². The molecule has 1 saturated heterocycles. The van der Waals surface area contributed by atoms with Gasteiger partial charge in [-0.1, -0.05) is 17.7 Å². The van der Waals surface area contributed by atoms with E-state index in [0.717, 1.165) is 11.1 Å². The maximum Gasteiger partial charge on any atom is 0.229 e. The molecule has 0 saturated carbocycles. The number of aryl methyl sites for hydroxylation is 1. The number of likely N-dealkylation sites (tertiary alicyclic amines) is 1. The molecule has 2 aromatic rings. The first-order valence-electron chi connectivity index (χ1n) is 8.29. The van der Waals surface area contributed by atoms with Crippen LogP contribution in [-0.4, -0.2) is 35.4 Å². The second kappa shape index (κ2) is 7.74. The van der Waals surface area contributed by atoms with Crippen molar-refractivity contribution in [1.82, 2.24) is 9.88 Å². The van der Waals surface area contributed by atoms with Crippen LogP contribution in [0.4, 0.5) is 5.69 Å². The minimum atomic E-state index is -0.403. The Morgan fingerprint density at radius 1 is 1.46 bits per heavy atom. The molecule has 1 unspecified atom stereocenters. The maximum absolute atomic E-state index is 12.6. The highest BCUT2D eigenvalue weighted by molar-refractivity contribution is 6.31. The van der Waals surface area contributed by atoms with Gasteiger partial charge in [-0.2, -0.15) is 0 Å². The Hall–Kier alpha value is -2.60. The minimum absolute atomic E-state index is 0.0340. The number of aromatic nitrogens is 1. The van der Waals surface area contributed by atoms with Gasteiger partial charge in [0.1, 0.15) is 5.75 Å². The fourth-order valence-corrected chi connectivity index (χ4v) is 3.13. The van der Waals surface area contributed by atoms with Crippen LogP contribution in [0.1, 0.15) is 17.5 Å². The van der Waals surface area contributed by atoms with Crippen LogP contribution < -0.4 is 10.1 Å². The normalized spacial score (nSPS) is 16.7. The SMILES string of the molecule is COc1cc(Cl)c(C)cc1NC(=O)C1CC(=O)N(Cc2cccnc2)C1. The van der Waals surface area contributed by atoms with Crippen molar-refractivity contribution in [2.45, 2.75) is 19.9 Å². The van der Waals surface area contributed by atoms with E-state index >= 15 is 0 Å². The molecule has 136 valence electrons. The molecule has 2 amide bonds. The molecular weight excluding hydrogens is 354 g/mol. The van der Waals surface area contributed by atoms with E-state index in [0.29, 0.717) is 29.5 Å². The largest absolute Gasteiger partial charge is 0.495 e. The number of amides is 2. The number of nitrogens with zero attached hydrogens (tertiary/aromatic N) is 2. The zero-order valence-corrected chi connectivity index (χ0v) is 15.4. The minimum Gasteiger partial charge on any atom is -0.495 e. The van der Waals surface area contributed by atoms with Crippen LogP contribution in [0.15, 0.2) is 36.7 Å². The van der Waals surface area contributed by atoms with Crippen LogP contribution in [0.2, 0.25) is 5.02 Å². The number of carbonyl (C=O) groups is 2. The summed E-state index contributed by atoms with van der Waals surface area (Å²) in [6.45, 7) is 2.69. The quantitative estimate of drug-likeness (QED) is 0.874. The molecule has 0 bridgehead atoms. The predicted octanol–water partition coefficient (Wildman–Crippen LogP) is 3.04. The molecule has 26 heavy (non-hydrogen) atoms. The van der Waals surface area contributed by atoms with Crippen molar-refractivity contribution < 1.29 is 14.3 Å². The Morgan fingerprint density at radius 3 is 2.96 bits per heavy atom. The van der Waals surface area contributed by atoms with Gasteiger partial charge in [0.2, 0.25) is 11.8 Å². The highest BCUT2D eigenvalue weighted by atomic mass is 35.5.